The summed E-state index contributed by atoms with van der Waals surface area (Å²) in [4.78, 5) is 0. The molecule has 0 saturated heterocycles. The zero-order chi connectivity index (χ0) is 11.6. The summed E-state index contributed by atoms with van der Waals surface area (Å²) >= 11 is 0. The maximum Gasteiger partial charge on any atom is 0.175 e. The molecule has 0 N–H and O–H groups in total. The van der Waals surface area contributed by atoms with E-state index in [9.17, 15) is 10.5 Å². The number of hydrogen-bond donors (Lipinski definition) is 0. The minimum absolute atomic E-state index is 0.0609. The molecule has 2 rings (SSSR count). The Morgan fingerprint density at radius 2 is 1.81 bits per heavy atom. The third kappa shape index (κ3) is 1.28. The van der Waals surface area contributed by atoms with E-state index in [0.29, 0.717) is 6.61 Å². The van der Waals surface area contributed by atoms with E-state index in [-0.39, 0.29) is 11.5 Å². The number of hydrogen-bond acceptors (Lipinski definition) is 3. The Morgan fingerprint density at radius 3 is 2.31 bits per heavy atom. The molecule has 2 fully saturated rings. The lowest BCUT2D eigenvalue weighted by Gasteiger charge is -2.58. The van der Waals surface area contributed by atoms with Crippen molar-refractivity contribution < 1.29 is 4.74 Å². The highest BCUT2D eigenvalue weighted by Crippen LogP contribution is 2.64. The van der Waals surface area contributed by atoms with E-state index in [1.165, 1.54) is 6.42 Å². The van der Waals surface area contributed by atoms with Crippen LogP contribution in [0.5, 0.6) is 0 Å². The fourth-order valence-electron chi connectivity index (χ4n) is 3.50. The van der Waals surface area contributed by atoms with E-state index in [2.05, 4.69) is 12.1 Å². The van der Waals surface area contributed by atoms with E-state index < -0.39 is 5.41 Å². The Bertz CT molecular complexity index is 330. The molecule has 0 bridgehead atoms. The van der Waals surface area contributed by atoms with E-state index in [0.717, 1.165) is 32.1 Å². The van der Waals surface area contributed by atoms with E-state index in [4.69, 9.17) is 4.74 Å². The van der Waals surface area contributed by atoms with Crippen molar-refractivity contribution in [3.8, 4) is 12.1 Å². The van der Waals surface area contributed by atoms with Gasteiger partial charge in [0.2, 0.25) is 0 Å². The van der Waals surface area contributed by atoms with Crippen LogP contribution in [0.15, 0.2) is 0 Å². The molecular weight excluding hydrogens is 200 g/mol. The third-order valence-corrected chi connectivity index (χ3v) is 4.43. The monoisotopic (exact) mass is 218 g/mol. The Labute approximate surface area is 97.0 Å². The molecule has 2 aliphatic rings. The van der Waals surface area contributed by atoms with Crippen LogP contribution in [0.25, 0.3) is 0 Å². The molecule has 86 valence electrons. The van der Waals surface area contributed by atoms with E-state index in [1.807, 2.05) is 6.92 Å². The highest BCUT2D eigenvalue weighted by molar-refractivity contribution is 5.32. The van der Waals surface area contributed by atoms with Crippen molar-refractivity contribution in [2.75, 3.05) is 6.61 Å². The summed E-state index contributed by atoms with van der Waals surface area (Å²) < 4.78 is 5.56. The quantitative estimate of drug-likeness (QED) is 0.716. The molecule has 0 aromatic heterocycles. The van der Waals surface area contributed by atoms with Crippen LogP contribution >= 0.6 is 0 Å². The van der Waals surface area contributed by atoms with Crippen LogP contribution in [0.1, 0.15) is 45.4 Å². The van der Waals surface area contributed by atoms with Gasteiger partial charge in [-0.3, -0.25) is 0 Å². The fraction of sp³-hybridized carbons (Fsp3) is 0.846. The van der Waals surface area contributed by atoms with Gasteiger partial charge in [-0.25, -0.2) is 0 Å². The van der Waals surface area contributed by atoms with Crippen molar-refractivity contribution in [3.05, 3.63) is 0 Å². The summed E-state index contributed by atoms with van der Waals surface area (Å²) in [5, 5.41) is 18.8. The van der Waals surface area contributed by atoms with Crippen molar-refractivity contribution in [1.82, 2.24) is 0 Å². The Morgan fingerprint density at radius 1 is 1.19 bits per heavy atom. The normalized spacial score (nSPS) is 30.1. The van der Waals surface area contributed by atoms with E-state index >= 15 is 0 Å². The molecule has 3 nitrogen and oxygen atoms in total. The second-order valence-electron chi connectivity index (χ2n) is 5.02. The molecule has 0 aromatic carbocycles. The predicted molar refractivity (Wildman–Crippen MR) is 59.2 cm³/mol. The largest absolute Gasteiger partial charge is 0.376 e. The van der Waals surface area contributed by atoms with Crippen molar-refractivity contribution in [2.45, 2.75) is 51.6 Å². The van der Waals surface area contributed by atoms with Crippen LogP contribution in [-0.2, 0) is 4.74 Å². The lowest BCUT2D eigenvalue weighted by molar-refractivity contribution is -0.168. The summed E-state index contributed by atoms with van der Waals surface area (Å²) in [6.07, 6.45) is 6.35. The molecule has 1 spiro atoms. The van der Waals surface area contributed by atoms with Gasteiger partial charge in [0, 0.05) is 12.0 Å². The second-order valence-corrected chi connectivity index (χ2v) is 5.02. The molecule has 0 heterocycles. The zero-order valence-corrected chi connectivity index (χ0v) is 9.83. The predicted octanol–water partition coefficient (Wildman–Crippen LogP) is 2.78. The van der Waals surface area contributed by atoms with Gasteiger partial charge in [-0.05, 0) is 26.2 Å². The van der Waals surface area contributed by atoms with Gasteiger partial charge in [-0.2, -0.15) is 10.5 Å². The molecule has 2 aliphatic carbocycles. The number of rotatable bonds is 2. The first-order valence-electron chi connectivity index (χ1n) is 6.19. The lowest BCUT2D eigenvalue weighted by atomic mass is 9.44. The van der Waals surface area contributed by atoms with Crippen molar-refractivity contribution in [3.63, 3.8) is 0 Å². The van der Waals surface area contributed by atoms with Crippen LogP contribution in [0.2, 0.25) is 0 Å². The van der Waals surface area contributed by atoms with Gasteiger partial charge in [-0.15, -0.1) is 0 Å². The highest BCUT2D eigenvalue weighted by Gasteiger charge is 2.67. The Hall–Kier alpha value is -1.06. The maximum absolute atomic E-state index is 9.40. The van der Waals surface area contributed by atoms with Crippen LogP contribution in [0.4, 0.5) is 0 Å². The maximum atomic E-state index is 9.40. The highest BCUT2D eigenvalue weighted by atomic mass is 16.5. The van der Waals surface area contributed by atoms with Gasteiger partial charge in [0.1, 0.15) is 0 Å². The Balaban J connectivity index is 2.24. The third-order valence-electron chi connectivity index (χ3n) is 4.43. The topological polar surface area (TPSA) is 56.8 Å². The van der Waals surface area contributed by atoms with Crippen molar-refractivity contribution in [2.24, 2.45) is 10.8 Å². The first kappa shape index (κ1) is 11.4. The fourth-order valence-corrected chi connectivity index (χ4v) is 3.50. The summed E-state index contributed by atoms with van der Waals surface area (Å²) in [5.41, 5.74) is -0.933. The molecule has 2 saturated carbocycles. The molecule has 1 atom stereocenters. The van der Waals surface area contributed by atoms with Gasteiger partial charge in [0.05, 0.1) is 18.2 Å². The average molecular weight is 218 g/mol. The van der Waals surface area contributed by atoms with Gasteiger partial charge < -0.3 is 4.74 Å². The summed E-state index contributed by atoms with van der Waals surface area (Å²) in [6, 6.07) is 4.55. The first-order chi connectivity index (χ1) is 7.74. The van der Waals surface area contributed by atoms with Gasteiger partial charge >= 0.3 is 0 Å². The van der Waals surface area contributed by atoms with Crippen LogP contribution in [-0.4, -0.2) is 12.7 Å². The van der Waals surface area contributed by atoms with Crippen LogP contribution in [0, 0.1) is 33.5 Å². The molecule has 0 amide bonds. The Kier molecular flexibility index (Phi) is 2.91. The molecule has 0 aromatic rings. The lowest BCUT2D eigenvalue weighted by Crippen LogP contribution is -2.62. The second kappa shape index (κ2) is 4.07. The van der Waals surface area contributed by atoms with Crippen molar-refractivity contribution >= 4 is 0 Å². The molecule has 1 unspecified atom stereocenters. The molecule has 0 aliphatic heterocycles. The minimum atomic E-state index is -0.872. The molecule has 3 heteroatoms. The molecular formula is C13H18N2O. The van der Waals surface area contributed by atoms with Gasteiger partial charge in [-0.1, -0.05) is 19.3 Å². The molecule has 16 heavy (non-hydrogen) atoms. The first-order valence-corrected chi connectivity index (χ1v) is 6.19. The van der Waals surface area contributed by atoms with Crippen molar-refractivity contribution in [1.29, 1.82) is 10.5 Å². The minimum Gasteiger partial charge on any atom is -0.376 e. The smallest absolute Gasteiger partial charge is 0.175 e. The summed E-state index contributed by atoms with van der Waals surface area (Å²) in [5.74, 6) is 0. The standard InChI is InChI=1S/C13H18N2O/c1-2-16-11-8-12(6-4-3-5-7-12)13(11,9-14)10-15/h11H,2-8H2,1H3. The van der Waals surface area contributed by atoms with Crippen LogP contribution in [0.3, 0.4) is 0 Å². The summed E-state index contributed by atoms with van der Waals surface area (Å²) in [6.45, 7) is 2.51. The van der Waals surface area contributed by atoms with Gasteiger partial charge in [0.15, 0.2) is 5.41 Å². The zero-order valence-electron chi connectivity index (χ0n) is 9.83. The van der Waals surface area contributed by atoms with E-state index in [1.54, 1.807) is 0 Å². The molecule has 0 radical (unpaired) electrons. The SMILES string of the molecule is CCOC1CC2(CCCCC2)C1(C#N)C#N. The number of ether oxygens (including phenoxy) is 1. The number of nitriles is 2. The average Bonchev–Trinajstić information content (AvgIpc) is 2.32. The number of nitrogens with zero attached hydrogens (tertiary/aromatic N) is 2. The van der Waals surface area contributed by atoms with Gasteiger partial charge in [0.25, 0.3) is 0 Å². The summed E-state index contributed by atoms with van der Waals surface area (Å²) in [7, 11) is 0. The van der Waals surface area contributed by atoms with Crippen LogP contribution < -0.4 is 0 Å².